The summed E-state index contributed by atoms with van der Waals surface area (Å²) in [6.45, 7) is 12.9. The van der Waals surface area contributed by atoms with Crippen molar-refractivity contribution in [3.05, 3.63) is 23.4 Å². The van der Waals surface area contributed by atoms with Crippen molar-refractivity contribution in [2.24, 2.45) is 11.3 Å². The smallest absolute Gasteiger partial charge is 0.231 e. The average Bonchev–Trinajstić information content (AvgIpc) is 2.59. The fraction of sp³-hybridized carbons (Fsp3) is 0.688. The van der Waals surface area contributed by atoms with Gasteiger partial charge in [-0.3, -0.25) is 4.79 Å². The Labute approximate surface area is 111 Å². The van der Waals surface area contributed by atoms with Crippen LogP contribution in [-0.4, -0.2) is 16.3 Å². The second-order valence-electron chi connectivity index (χ2n) is 7.56. The van der Waals surface area contributed by atoms with Crippen molar-refractivity contribution in [3.8, 4) is 0 Å². The minimum Gasteiger partial charge on any atom is -0.307 e. The minimum atomic E-state index is -0.143. The summed E-state index contributed by atoms with van der Waals surface area (Å²) in [5, 5.41) is 0. The van der Waals surface area contributed by atoms with Crippen LogP contribution in [0.3, 0.4) is 0 Å². The normalized spacial score (nSPS) is 24.9. The van der Waals surface area contributed by atoms with Gasteiger partial charge in [-0.15, -0.1) is 0 Å². The minimum absolute atomic E-state index is 0.0295. The van der Waals surface area contributed by atoms with Gasteiger partial charge in [-0.2, -0.15) is 0 Å². The Morgan fingerprint density at radius 1 is 1.17 bits per heavy atom. The Morgan fingerprint density at radius 2 is 1.78 bits per heavy atom. The highest BCUT2D eigenvalue weighted by atomic mass is 16.2. The summed E-state index contributed by atoms with van der Waals surface area (Å²) in [5.41, 5.74) is 2.48. The first-order valence-corrected chi connectivity index (χ1v) is 6.85. The zero-order chi connectivity index (χ0) is 13.7. The highest BCUT2D eigenvalue weighted by Gasteiger charge is 2.44. The van der Waals surface area contributed by atoms with Gasteiger partial charge in [-0.1, -0.05) is 26.8 Å². The number of carbonyl (C=O) groups is 1. The van der Waals surface area contributed by atoms with Crippen molar-refractivity contribution in [2.45, 2.75) is 59.9 Å². The first kappa shape index (κ1) is 13.4. The van der Waals surface area contributed by atoms with Gasteiger partial charge in [0.15, 0.2) is 0 Å². The van der Waals surface area contributed by atoms with Gasteiger partial charge in [0.05, 0.1) is 0 Å². The highest BCUT2D eigenvalue weighted by Crippen LogP contribution is 2.43. The van der Waals surface area contributed by atoms with Crippen LogP contribution in [0.2, 0.25) is 0 Å². The SMILES string of the molecule is CC(C)(C)C1CC2=C(C=CC2)N(C(C)(C)C)C1=O. The van der Waals surface area contributed by atoms with Crippen LogP contribution < -0.4 is 0 Å². The molecule has 2 heteroatoms. The Balaban J connectivity index is 2.46. The molecule has 2 aliphatic rings. The third-order valence-corrected chi connectivity index (χ3v) is 3.93. The van der Waals surface area contributed by atoms with E-state index < -0.39 is 0 Å². The fourth-order valence-corrected chi connectivity index (χ4v) is 2.93. The third-order valence-electron chi connectivity index (χ3n) is 3.93. The van der Waals surface area contributed by atoms with Crippen LogP contribution in [0.15, 0.2) is 23.4 Å². The molecule has 0 saturated heterocycles. The molecule has 0 aromatic rings. The van der Waals surface area contributed by atoms with Crippen LogP contribution in [0.4, 0.5) is 0 Å². The van der Waals surface area contributed by atoms with Gasteiger partial charge in [-0.05, 0) is 50.7 Å². The second-order valence-corrected chi connectivity index (χ2v) is 7.56. The lowest BCUT2D eigenvalue weighted by atomic mass is 9.73. The van der Waals surface area contributed by atoms with E-state index >= 15 is 0 Å². The number of rotatable bonds is 0. The Kier molecular flexibility index (Phi) is 2.95. The number of nitrogens with zero attached hydrogens (tertiary/aromatic N) is 1. The van der Waals surface area contributed by atoms with Crippen LogP contribution in [0.5, 0.6) is 0 Å². The van der Waals surface area contributed by atoms with Gasteiger partial charge < -0.3 is 4.90 Å². The monoisotopic (exact) mass is 247 g/mol. The molecule has 2 nitrogen and oxygen atoms in total. The summed E-state index contributed by atoms with van der Waals surface area (Å²) in [4.78, 5) is 14.8. The zero-order valence-corrected chi connectivity index (χ0v) is 12.5. The topological polar surface area (TPSA) is 20.3 Å². The maximum atomic E-state index is 12.8. The molecule has 1 heterocycles. The number of hydrogen-bond acceptors (Lipinski definition) is 1. The molecule has 0 aromatic heterocycles. The summed E-state index contributed by atoms with van der Waals surface area (Å²) in [5.74, 6) is 0.399. The Morgan fingerprint density at radius 3 is 2.28 bits per heavy atom. The predicted octanol–water partition coefficient (Wildman–Crippen LogP) is 3.89. The summed E-state index contributed by atoms with van der Waals surface area (Å²) < 4.78 is 0. The summed E-state index contributed by atoms with van der Waals surface area (Å²) >= 11 is 0. The lowest BCUT2D eigenvalue weighted by Gasteiger charge is -2.45. The molecule has 18 heavy (non-hydrogen) atoms. The van der Waals surface area contributed by atoms with E-state index in [1.54, 1.807) is 0 Å². The molecule has 1 aliphatic carbocycles. The van der Waals surface area contributed by atoms with Crippen LogP contribution in [0, 0.1) is 11.3 Å². The van der Waals surface area contributed by atoms with Crippen molar-refractivity contribution in [1.29, 1.82) is 0 Å². The maximum absolute atomic E-state index is 12.8. The number of amides is 1. The van der Waals surface area contributed by atoms with Gasteiger partial charge in [-0.25, -0.2) is 0 Å². The number of allylic oxidation sites excluding steroid dienone is 3. The lowest BCUT2D eigenvalue weighted by molar-refractivity contribution is -0.142. The summed E-state index contributed by atoms with van der Waals surface area (Å²) in [6, 6.07) is 0. The Bertz CT molecular complexity index is 429. The van der Waals surface area contributed by atoms with Gasteiger partial charge in [0.25, 0.3) is 0 Å². The Hall–Kier alpha value is -1.05. The van der Waals surface area contributed by atoms with Crippen molar-refractivity contribution in [3.63, 3.8) is 0 Å². The highest BCUT2D eigenvalue weighted by molar-refractivity contribution is 5.85. The molecular formula is C16H25NO. The second kappa shape index (κ2) is 3.97. The van der Waals surface area contributed by atoms with E-state index in [1.807, 2.05) is 4.90 Å². The molecule has 0 radical (unpaired) electrons. The first-order valence-electron chi connectivity index (χ1n) is 6.85. The number of carbonyl (C=O) groups excluding carboxylic acids is 1. The fourth-order valence-electron chi connectivity index (χ4n) is 2.93. The third kappa shape index (κ3) is 2.13. The van der Waals surface area contributed by atoms with Crippen LogP contribution in [0.25, 0.3) is 0 Å². The standard InChI is InChI=1S/C16H25NO/c1-15(2,3)12-10-11-8-7-9-13(11)17(14(12)18)16(4,5)6/h7,9,12H,8,10H2,1-6H3. The lowest BCUT2D eigenvalue weighted by Crippen LogP contribution is -2.52. The molecule has 0 fully saturated rings. The molecule has 1 amide bonds. The zero-order valence-electron chi connectivity index (χ0n) is 12.5. The molecule has 0 aromatic carbocycles. The van der Waals surface area contributed by atoms with E-state index in [2.05, 4.69) is 53.7 Å². The maximum Gasteiger partial charge on any atom is 0.231 e. The van der Waals surface area contributed by atoms with E-state index in [9.17, 15) is 4.79 Å². The molecule has 0 bridgehead atoms. The molecule has 0 spiro atoms. The molecule has 1 aliphatic heterocycles. The molecule has 1 atom stereocenters. The van der Waals surface area contributed by atoms with E-state index in [4.69, 9.17) is 0 Å². The van der Waals surface area contributed by atoms with E-state index in [0.717, 1.165) is 18.5 Å². The van der Waals surface area contributed by atoms with Crippen LogP contribution in [0.1, 0.15) is 54.4 Å². The molecule has 0 N–H and O–H groups in total. The van der Waals surface area contributed by atoms with Crippen LogP contribution >= 0.6 is 0 Å². The van der Waals surface area contributed by atoms with Crippen molar-refractivity contribution >= 4 is 5.91 Å². The predicted molar refractivity (Wildman–Crippen MR) is 74.9 cm³/mol. The van der Waals surface area contributed by atoms with Crippen molar-refractivity contribution in [1.82, 2.24) is 4.90 Å². The molecule has 0 saturated carbocycles. The average molecular weight is 247 g/mol. The van der Waals surface area contributed by atoms with Gasteiger partial charge >= 0.3 is 0 Å². The molecule has 2 rings (SSSR count). The van der Waals surface area contributed by atoms with Gasteiger partial charge in [0.1, 0.15) is 0 Å². The molecular weight excluding hydrogens is 222 g/mol. The van der Waals surface area contributed by atoms with Crippen molar-refractivity contribution < 1.29 is 4.79 Å². The van der Waals surface area contributed by atoms with Crippen molar-refractivity contribution in [2.75, 3.05) is 0 Å². The first-order chi connectivity index (χ1) is 8.12. The van der Waals surface area contributed by atoms with Gasteiger partial charge in [0, 0.05) is 17.2 Å². The van der Waals surface area contributed by atoms with E-state index in [1.165, 1.54) is 5.57 Å². The van der Waals surface area contributed by atoms with Crippen LogP contribution in [-0.2, 0) is 4.79 Å². The van der Waals surface area contributed by atoms with E-state index in [0.29, 0.717) is 5.91 Å². The van der Waals surface area contributed by atoms with Gasteiger partial charge in [0.2, 0.25) is 5.91 Å². The quantitative estimate of drug-likeness (QED) is 0.636. The summed E-state index contributed by atoms with van der Waals surface area (Å²) in [6.07, 6.45) is 6.25. The van der Waals surface area contributed by atoms with E-state index in [-0.39, 0.29) is 16.9 Å². The number of hydrogen-bond donors (Lipinski definition) is 0. The summed E-state index contributed by atoms with van der Waals surface area (Å²) in [7, 11) is 0. The largest absolute Gasteiger partial charge is 0.307 e. The molecule has 1 unspecified atom stereocenters. The molecule has 100 valence electrons.